The van der Waals surface area contributed by atoms with Crippen LogP contribution in [0.4, 0.5) is 5.69 Å². The zero-order valence-electron chi connectivity index (χ0n) is 20.1. The molecule has 0 amide bonds. The van der Waals surface area contributed by atoms with E-state index in [1.165, 1.54) is 5.57 Å². The zero-order valence-corrected chi connectivity index (χ0v) is 20.1. The maximum Gasteiger partial charge on any atom is 0.230 e. The van der Waals surface area contributed by atoms with Crippen molar-refractivity contribution in [2.24, 2.45) is 5.92 Å². The Morgan fingerprint density at radius 3 is 2.47 bits per heavy atom. The summed E-state index contributed by atoms with van der Waals surface area (Å²) in [5, 5.41) is 0.849. The second-order valence-electron chi connectivity index (χ2n) is 8.93. The van der Waals surface area contributed by atoms with Crippen LogP contribution in [0.1, 0.15) is 48.6 Å². The van der Waals surface area contributed by atoms with Crippen LogP contribution in [0.5, 0.6) is 5.75 Å². The number of rotatable bonds is 7. The van der Waals surface area contributed by atoms with Crippen molar-refractivity contribution >= 4 is 27.9 Å². The molecule has 0 bridgehead atoms. The van der Waals surface area contributed by atoms with Crippen LogP contribution in [0.15, 0.2) is 60.2 Å². The Hall–Kier alpha value is -3.91. The Morgan fingerprint density at radius 1 is 1.09 bits per heavy atom. The molecule has 34 heavy (non-hydrogen) atoms. The van der Waals surface area contributed by atoms with Gasteiger partial charge in [-0.2, -0.15) is 0 Å². The minimum absolute atomic E-state index is 0.185. The normalized spacial score (nSPS) is 13.3. The van der Waals surface area contributed by atoms with Gasteiger partial charge in [0, 0.05) is 30.7 Å². The van der Waals surface area contributed by atoms with Crippen LogP contribution in [-0.2, 0) is 0 Å². The van der Waals surface area contributed by atoms with Gasteiger partial charge in [-0.05, 0) is 66.8 Å². The zero-order chi connectivity index (χ0) is 24.2. The molecular weight excluding hydrogens is 422 g/mol. The van der Waals surface area contributed by atoms with Crippen LogP contribution >= 0.6 is 0 Å². The number of allylic oxidation sites excluding steroid dienone is 4. The van der Waals surface area contributed by atoms with Gasteiger partial charge in [0.1, 0.15) is 12.4 Å². The molecule has 0 N–H and O–H groups in total. The first-order valence-electron chi connectivity index (χ1n) is 11.5. The number of nitrogens with zero attached hydrogens (tertiary/aromatic N) is 3. The van der Waals surface area contributed by atoms with E-state index in [-0.39, 0.29) is 18.2 Å². The van der Waals surface area contributed by atoms with Crippen molar-refractivity contribution < 1.29 is 9.53 Å². The number of ether oxygens (including phenoxy) is 1. The summed E-state index contributed by atoms with van der Waals surface area (Å²) >= 11 is 0. The third-order valence-electron chi connectivity index (χ3n) is 6.07. The number of aromatic nitrogens is 2. The highest BCUT2D eigenvalue weighted by Gasteiger charge is 2.20. The summed E-state index contributed by atoms with van der Waals surface area (Å²) in [5.74, 6) is 3.65. The van der Waals surface area contributed by atoms with Crippen molar-refractivity contribution in [1.29, 1.82) is 0 Å². The molecule has 1 aliphatic rings. The number of fused-ring (bicyclic) bond motifs is 1. The Bertz CT molecular complexity index is 1330. The van der Waals surface area contributed by atoms with E-state index in [0.717, 1.165) is 35.2 Å². The van der Waals surface area contributed by atoms with E-state index in [0.29, 0.717) is 22.7 Å². The topological polar surface area (TPSA) is 55.3 Å². The van der Waals surface area contributed by atoms with Gasteiger partial charge in [-0.25, -0.2) is 9.97 Å². The van der Waals surface area contributed by atoms with Gasteiger partial charge in [0.2, 0.25) is 11.6 Å². The van der Waals surface area contributed by atoms with E-state index < -0.39 is 0 Å². The van der Waals surface area contributed by atoms with Crippen LogP contribution in [0.2, 0.25) is 0 Å². The number of terminal acetylenes is 1. The molecule has 0 radical (unpaired) electrons. The van der Waals surface area contributed by atoms with Crippen molar-refractivity contribution in [3.05, 3.63) is 77.3 Å². The fourth-order valence-electron chi connectivity index (χ4n) is 4.04. The molecule has 0 spiro atoms. The lowest BCUT2D eigenvalue weighted by Crippen LogP contribution is -2.12. The third-order valence-corrected chi connectivity index (χ3v) is 6.07. The Balaban J connectivity index is 1.81. The molecule has 1 aliphatic carbocycles. The molecule has 0 aliphatic heterocycles. The van der Waals surface area contributed by atoms with Gasteiger partial charge in [0.25, 0.3) is 0 Å². The molecule has 0 saturated heterocycles. The predicted octanol–water partition coefficient (Wildman–Crippen LogP) is 5.70. The average molecular weight is 452 g/mol. The minimum atomic E-state index is -0.198. The fourth-order valence-corrected chi connectivity index (χ4v) is 4.04. The molecule has 5 heteroatoms. The molecule has 2 aromatic carbocycles. The molecule has 0 saturated carbocycles. The number of hydrogen-bond acceptors (Lipinski definition) is 5. The van der Waals surface area contributed by atoms with Gasteiger partial charge >= 0.3 is 0 Å². The standard InChI is InChI=1S/C29H29N3O2/c1-6-17-34-24-15-16-26-25(18-24)27(21-9-7-20(8-10-21)19(2)3)31-29(30-26)28(33)22-11-13-23(14-12-22)32(4)5/h1,7,9,11-16,18-19H,8,10,17H2,2-5H3. The maximum absolute atomic E-state index is 13.3. The summed E-state index contributed by atoms with van der Waals surface area (Å²) in [7, 11) is 3.93. The van der Waals surface area contributed by atoms with Crippen molar-refractivity contribution in [1.82, 2.24) is 9.97 Å². The first-order chi connectivity index (χ1) is 16.4. The lowest BCUT2D eigenvalue weighted by molar-refractivity contribution is 0.102. The van der Waals surface area contributed by atoms with E-state index in [2.05, 4.69) is 36.9 Å². The van der Waals surface area contributed by atoms with Crippen molar-refractivity contribution in [3.63, 3.8) is 0 Å². The first-order valence-corrected chi connectivity index (χ1v) is 11.5. The van der Waals surface area contributed by atoms with Crippen molar-refractivity contribution in [2.75, 3.05) is 25.6 Å². The molecule has 0 fully saturated rings. The lowest BCUT2D eigenvalue weighted by Gasteiger charge is -2.18. The quantitative estimate of drug-likeness (QED) is 0.341. The Labute approximate surface area is 201 Å². The maximum atomic E-state index is 13.3. The van der Waals surface area contributed by atoms with Gasteiger partial charge in [-0.3, -0.25) is 4.79 Å². The van der Waals surface area contributed by atoms with Crippen LogP contribution < -0.4 is 9.64 Å². The van der Waals surface area contributed by atoms with Crippen LogP contribution in [-0.4, -0.2) is 36.5 Å². The fraction of sp³-hybridized carbons (Fsp3) is 0.276. The smallest absolute Gasteiger partial charge is 0.230 e. The number of ketones is 1. The highest BCUT2D eigenvalue weighted by molar-refractivity contribution is 6.08. The summed E-state index contributed by atoms with van der Waals surface area (Å²) in [4.78, 5) is 24.7. The Morgan fingerprint density at radius 2 is 1.85 bits per heavy atom. The summed E-state index contributed by atoms with van der Waals surface area (Å²) in [5.41, 5.74) is 5.55. The monoisotopic (exact) mass is 451 g/mol. The molecule has 1 heterocycles. The second kappa shape index (κ2) is 9.93. The highest BCUT2D eigenvalue weighted by atomic mass is 16.5. The van der Waals surface area contributed by atoms with Gasteiger partial charge in [0.15, 0.2) is 0 Å². The Kier molecular flexibility index (Phi) is 6.79. The molecular formula is C29H29N3O2. The average Bonchev–Trinajstić information content (AvgIpc) is 2.86. The summed E-state index contributed by atoms with van der Waals surface area (Å²) in [6.07, 6.45) is 11.5. The number of anilines is 1. The SMILES string of the molecule is C#CCOc1ccc2nc(C(=O)c3ccc(N(C)C)cc3)nc(C3=CC=C(C(C)C)CC3)c2c1. The number of benzene rings is 2. The molecule has 5 nitrogen and oxygen atoms in total. The van der Waals surface area contributed by atoms with Crippen molar-refractivity contribution in [2.45, 2.75) is 26.7 Å². The molecule has 1 aromatic heterocycles. The van der Waals surface area contributed by atoms with Crippen LogP contribution in [0.3, 0.4) is 0 Å². The van der Waals surface area contributed by atoms with E-state index in [9.17, 15) is 4.79 Å². The van der Waals surface area contributed by atoms with Crippen LogP contribution in [0.25, 0.3) is 16.5 Å². The van der Waals surface area contributed by atoms with E-state index in [4.69, 9.17) is 16.1 Å². The third kappa shape index (κ3) is 4.87. The summed E-state index contributed by atoms with van der Waals surface area (Å²) < 4.78 is 5.64. The number of carbonyl (C=O) groups excluding carboxylic acids is 1. The largest absolute Gasteiger partial charge is 0.481 e. The van der Waals surface area contributed by atoms with Crippen LogP contribution in [0, 0.1) is 18.3 Å². The summed E-state index contributed by atoms with van der Waals surface area (Å²) in [6.45, 7) is 4.60. The summed E-state index contributed by atoms with van der Waals surface area (Å²) in [6, 6.07) is 13.1. The van der Waals surface area contributed by atoms with Gasteiger partial charge in [-0.1, -0.05) is 37.5 Å². The number of hydrogen-bond donors (Lipinski definition) is 0. The highest BCUT2D eigenvalue weighted by Crippen LogP contribution is 2.34. The molecule has 0 unspecified atom stereocenters. The molecule has 172 valence electrons. The van der Waals surface area contributed by atoms with Gasteiger partial charge in [-0.15, -0.1) is 6.42 Å². The molecule has 4 rings (SSSR count). The predicted molar refractivity (Wildman–Crippen MR) is 138 cm³/mol. The minimum Gasteiger partial charge on any atom is -0.481 e. The van der Waals surface area contributed by atoms with E-state index in [1.807, 2.05) is 61.5 Å². The number of carbonyl (C=O) groups is 1. The second-order valence-corrected chi connectivity index (χ2v) is 8.93. The first kappa shape index (κ1) is 23.3. The van der Waals surface area contributed by atoms with E-state index in [1.54, 1.807) is 0 Å². The van der Waals surface area contributed by atoms with E-state index >= 15 is 0 Å². The molecule has 3 aromatic rings. The van der Waals surface area contributed by atoms with Gasteiger partial charge < -0.3 is 9.64 Å². The molecule has 0 atom stereocenters. The van der Waals surface area contributed by atoms with Crippen molar-refractivity contribution in [3.8, 4) is 18.1 Å². The van der Waals surface area contributed by atoms with Gasteiger partial charge in [0.05, 0.1) is 11.2 Å². The lowest BCUT2D eigenvalue weighted by atomic mass is 9.89.